The topological polar surface area (TPSA) is 72.8 Å². The van der Waals surface area contributed by atoms with Gasteiger partial charge in [0.15, 0.2) is 21.3 Å². The molecule has 128 valence electrons. The maximum Gasteiger partial charge on any atom is 0.175 e. The number of rotatable bonds is 7. The second-order valence-corrected chi connectivity index (χ2v) is 7.00. The van der Waals surface area contributed by atoms with Crippen molar-refractivity contribution in [2.24, 2.45) is 0 Å². The van der Waals surface area contributed by atoms with Crippen LogP contribution in [0.3, 0.4) is 0 Å². The largest absolute Gasteiger partial charge is 0.504 e. The van der Waals surface area contributed by atoms with Crippen molar-refractivity contribution in [1.82, 2.24) is 0 Å². The van der Waals surface area contributed by atoms with Gasteiger partial charge in [-0.2, -0.15) is 0 Å². The minimum atomic E-state index is -3.41. The van der Waals surface area contributed by atoms with Crippen LogP contribution in [-0.2, 0) is 15.6 Å². The molecule has 0 fully saturated rings. The molecule has 0 aliphatic carbocycles. The van der Waals surface area contributed by atoms with Gasteiger partial charge in [0.25, 0.3) is 0 Å². The van der Waals surface area contributed by atoms with Crippen molar-refractivity contribution in [3.63, 3.8) is 0 Å². The van der Waals surface area contributed by atoms with E-state index in [0.717, 1.165) is 0 Å². The van der Waals surface area contributed by atoms with Gasteiger partial charge in [-0.25, -0.2) is 8.42 Å². The average molecular weight is 348 g/mol. The Kier molecular flexibility index (Phi) is 5.87. The molecule has 0 aromatic heterocycles. The van der Waals surface area contributed by atoms with Crippen LogP contribution in [0.2, 0.25) is 0 Å². The number of methoxy groups -OCH3 is 1. The summed E-state index contributed by atoms with van der Waals surface area (Å²) in [4.78, 5) is 0. The van der Waals surface area contributed by atoms with Crippen LogP contribution in [0.25, 0.3) is 6.08 Å². The van der Waals surface area contributed by atoms with E-state index >= 15 is 0 Å². The van der Waals surface area contributed by atoms with Gasteiger partial charge in [0, 0.05) is 5.41 Å². The fraction of sp³-hybridized carbons (Fsp3) is 0.222. The molecule has 0 saturated heterocycles. The quantitative estimate of drug-likeness (QED) is 0.830. The van der Waals surface area contributed by atoms with Crippen LogP contribution in [-0.4, -0.2) is 27.2 Å². The number of benzene rings is 2. The van der Waals surface area contributed by atoms with E-state index in [2.05, 4.69) is 0 Å². The lowest BCUT2D eigenvalue weighted by Gasteiger charge is -2.06. The molecule has 2 aromatic rings. The van der Waals surface area contributed by atoms with Crippen LogP contribution in [0, 0.1) is 0 Å². The number of hydrogen-bond acceptors (Lipinski definition) is 5. The van der Waals surface area contributed by atoms with Crippen LogP contribution in [0.4, 0.5) is 0 Å². The smallest absolute Gasteiger partial charge is 0.175 e. The number of phenols is 1. The number of ether oxygens (including phenoxy) is 2. The zero-order valence-corrected chi connectivity index (χ0v) is 14.4. The molecule has 24 heavy (non-hydrogen) atoms. The van der Waals surface area contributed by atoms with Crippen molar-refractivity contribution < 1.29 is 23.0 Å². The summed E-state index contributed by atoms with van der Waals surface area (Å²) in [6.07, 6.45) is 1.49. The first-order valence-corrected chi connectivity index (χ1v) is 9.14. The molecular weight excluding hydrogens is 328 g/mol. The Hall–Kier alpha value is -2.47. The van der Waals surface area contributed by atoms with Gasteiger partial charge in [0.1, 0.15) is 5.75 Å². The summed E-state index contributed by atoms with van der Waals surface area (Å²) in [7, 11) is -1.85. The van der Waals surface area contributed by atoms with Gasteiger partial charge in [0.05, 0.1) is 19.5 Å². The molecule has 2 aromatic carbocycles. The SMILES string of the molecule is CCOc1cc(/C=C/S(=O)(=O)Cc2ccc(OC)cc2)ccc1O. The molecule has 0 aliphatic heterocycles. The fourth-order valence-electron chi connectivity index (χ4n) is 2.09. The predicted molar refractivity (Wildman–Crippen MR) is 93.9 cm³/mol. The Balaban J connectivity index is 2.12. The summed E-state index contributed by atoms with van der Waals surface area (Å²) in [6, 6.07) is 11.6. The number of phenolic OH excluding ortho intramolecular Hbond substituents is 1. The highest BCUT2D eigenvalue weighted by atomic mass is 32.2. The Morgan fingerprint density at radius 2 is 1.83 bits per heavy atom. The van der Waals surface area contributed by atoms with Gasteiger partial charge >= 0.3 is 0 Å². The first-order chi connectivity index (χ1) is 11.4. The van der Waals surface area contributed by atoms with Crippen molar-refractivity contribution >= 4 is 15.9 Å². The van der Waals surface area contributed by atoms with Gasteiger partial charge in [-0.05, 0) is 48.4 Å². The fourth-order valence-corrected chi connectivity index (χ4v) is 3.21. The van der Waals surface area contributed by atoms with Crippen molar-refractivity contribution in [1.29, 1.82) is 0 Å². The van der Waals surface area contributed by atoms with E-state index in [0.29, 0.717) is 29.2 Å². The molecule has 0 bridgehead atoms. The summed E-state index contributed by atoms with van der Waals surface area (Å²) >= 11 is 0. The standard InChI is InChI=1S/C18H20O5S/c1-3-23-18-12-14(6-9-17(18)19)10-11-24(20,21)13-15-4-7-16(22-2)8-5-15/h4-12,19H,3,13H2,1-2H3/b11-10+. The van der Waals surface area contributed by atoms with E-state index in [4.69, 9.17) is 9.47 Å². The van der Waals surface area contributed by atoms with Gasteiger partial charge < -0.3 is 14.6 Å². The van der Waals surface area contributed by atoms with Gasteiger partial charge in [0.2, 0.25) is 0 Å². The van der Waals surface area contributed by atoms with E-state index in [1.165, 1.54) is 17.6 Å². The molecule has 2 rings (SSSR count). The van der Waals surface area contributed by atoms with Crippen LogP contribution in [0.1, 0.15) is 18.1 Å². The molecule has 5 nitrogen and oxygen atoms in total. The highest BCUT2D eigenvalue weighted by molar-refractivity contribution is 7.93. The van der Waals surface area contributed by atoms with Crippen LogP contribution >= 0.6 is 0 Å². The monoisotopic (exact) mass is 348 g/mol. The average Bonchev–Trinajstić information content (AvgIpc) is 2.56. The third-order valence-corrected chi connectivity index (χ3v) is 4.56. The molecule has 0 unspecified atom stereocenters. The van der Waals surface area contributed by atoms with Crippen molar-refractivity contribution in [2.45, 2.75) is 12.7 Å². The van der Waals surface area contributed by atoms with Gasteiger partial charge in [-0.3, -0.25) is 0 Å². The van der Waals surface area contributed by atoms with Crippen molar-refractivity contribution in [3.05, 3.63) is 59.0 Å². The minimum Gasteiger partial charge on any atom is -0.504 e. The predicted octanol–water partition coefficient (Wildman–Crippen LogP) is 3.39. The normalized spacial score (nSPS) is 11.6. The summed E-state index contributed by atoms with van der Waals surface area (Å²) < 4.78 is 34.7. The maximum atomic E-state index is 12.2. The van der Waals surface area contributed by atoms with Gasteiger partial charge in [-0.1, -0.05) is 18.2 Å². The lowest BCUT2D eigenvalue weighted by molar-refractivity contribution is 0.318. The van der Waals surface area contributed by atoms with Crippen LogP contribution in [0.5, 0.6) is 17.2 Å². The second-order valence-electron chi connectivity index (χ2n) is 5.12. The number of hydrogen-bond donors (Lipinski definition) is 1. The van der Waals surface area contributed by atoms with E-state index in [1.54, 1.807) is 50.4 Å². The lowest BCUT2D eigenvalue weighted by Crippen LogP contribution is -2.00. The molecule has 0 saturated carbocycles. The summed E-state index contributed by atoms with van der Waals surface area (Å²) in [6.45, 7) is 2.22. The Morgan fingerprint density at radius 1 is 1.12 bits per heavy atom. The zero-order chi connectivity index (χ0) is 17.6. The van der Waals surface area contributed by atoms with Crippen molar-refractivity contribution in [3.8, 4) is 17.2 Å². The summed E-state index contributed by atoms with van der Waals surface area (Å²) in [5, 5.41) is 10.8. The van der Waals surface area contributed by atoms with E-state index in [1.807, 2.05) is 0 Å². The molecule has 0 amide bonds. The third-order valence-electron chi connectivity index (χ3n) is 3.28. The van der Waals surface area contributed by atoms with Crippen LogP contribution in [0.15, 0.2) is 47.9 Å². The van der Waals surface area contributed by atoms with Crippen LogP contribution < -0.4 is 9.47 Å². The molecular formula is C18H20O5S. The van der Waals surface area contributed by atoms with E-state index in [9.17, 15) is 13.5 Å². The Morgan fingerprint density at radius 3 is 2.46 bits per heavy atom. The number of sulfone groups is 1. The minimum absolute atomic E-state index is 0.0232. The Labute approximate surface area is 142 Å². The third kappa shape index (κ3) is 5.03. The summed E-state index contributed by atoms with van der Waals surface area (Å²) in [5.41, 5.74) is 1.32. The summed E-state index contributed by atoms with van der Waals surface area (Å²) in [5.74, 6) is 0.936. The molecule has 0 radical (unpaired) electrons. The molecule has 0 spiro atoms. The van der Waals surface area contributed by atoms with Gasteiger partial charge in [-0.15, -0.1) is 0 Å². The van der Waals surface area contributed by atoms with E-state index < -0.39 is 9.84 Å². The highest BCUT2D eigenvalue weighted by Crippen LogP contribution is 2.27. The molecule has 6 heteroatoms. The first kappa shape index (κ1) is 17.9. The molecule has 0 atom stereocenters. The number of aromatic hydroxyl groups is 1. The lowest BCUT2D eigenvalue weighted by atomic mass is 10.2. The highest BCUT2D eigenvalue weighted by Gasteiger charge is 2.09. The Bertz CT molecular complexity index is 808. The van der Waals surface area contributed by atoms with Crippen molar-refractivity contribution in [2.75, 3.05) is 13.7 Å². The second kappa shape index (κ2) is 7.88. The molecule has 1 N–H and O–H groups in total. The first-order valence-electron chi connectivity index (χ1n) is 7.43. The molecule has 0 aliphatic rings. The molecule has 0 heterocycles. The van der Waals surface area contributed by atoms with E-state index in [-0.39, 0.29) is 11.5 Å². The maximum absolute atomic E-state index is 12.2. The zero-order valence-electron chi connectivity index (χ0n) is 13.6.